The lowest BCUT2D eigenvalue weighted by atomic mass is 9.88. The van der Waals surface area contributed by atoms with E-state index < -0.39 is 11.9 Å². The maximum Gasteiger partial charge on any atom is 0.410 e. The zero-order chi connectivity index (χ0) is 29.1. The Kier molecular flexibility index (Phi) is 8.13. The van der Waals surface area contributed by atoms with E-state index in [2.05, 4.69) is 11.0 Å². The fourth-order valence-corrected chi connectivity index (χ4v) is 6.54. The minimum atomic E-state index is -1.60. The summed E-state index contributed by atoms with van der Waals surface area (Å²) in [6, 6.07) is 19.1. The first-order valence-corrected chi connectivity index (χ1v) is 15.5. The van der Waals surface area contributed by atoms with Crippen molar-refractivity contribution in [1.82, 2.24) is 19.8 Å². The van der Waals surface area contributed by atoms with Crippen molar-refractivity contribution in [2.24, 2.45) is 0 Å². The number of fused-ring (bicyclic) bond motifs is 2. The molecule has 1 fully saturated rings. The molecule has 0 spiro atoms. The van der Waals surface area contributed by atoms with E-state index in [0.29, 0.717) is 56.3 Å². The number of piperazine rings is 1. The summed E-state index contributed by atoms with van der Waals surface area (Å²) in [4.78, 5) is 28.5. The molecular weight excluding hydrogens is 551 g/mol. The molecule has 42 heavy (non-hydrogen) atoms. The predicted molar refractivity (Wildman–Crippen MR) is 160 cm³/mol. The number of rotatable bonds is 6. The van der Waals surface area contributed by atoms with E-state index in [1.54, 1.807) is 4.90 Å². The highest BCUT2D eigenvalue weighted by atomic mass is 32.2. The number of nitriles is 1. The average molecular weight is 585 g/mol. The largest absolute Gasteiger partial charge is 0.445 e. The second-order valence-electron chi connectivity index (χ2n) is 10.8. The van der Waals surface area contributed by atoms with Crippen molar-refractivity contribution in [2.45, 2.75) is 49.4 Å². The van der Waals surface area contributed by atoms with E-state index in [1.165, 1.54) is 11.8 Å². The molecule has 2 atom stereocenters. The maximum atomic E-state index is 16.7. The summed E-state index contributed by atoms with van der Waals surface area (Å²) in [5.41, 5.74) is 4.37. The second-order valence-corrected chi connectivity index (χ2v) is 11.6. The van der Waals surface area contributed by atoms with Gasteiger partial charge in [0, 0.05) is 50.3 Å². The van der Waals surface area contributed by atoms with Crippen molar-refractivity contribution in [1.29, 1.82) is 5.26 Å². The fourth-order valence-electron chi connectivity index (χ4n) is 6.16. The van der Waals surface area contributed by atoms with Crippen LogP contribution in [0.1, 0.15) is 40.8 Å². The minimum absolute atomic E-state index is 0.183. The van der Waals surface area contributed by atoms with Crippen LogP contribution in [0.3, 0.4) is 0 Å². The van der Waals surface area contributed by atoms with Gasteiger partial charge in [0.1, 0.15) is 12.4 Å². The van der Waals surface area contributed by atoms with Gasteiger partial charge in [-0.2, -0.15) is 5.26 Å². The lowest BCUT2D eigenvalue weighted by Gasteiger charge is -2.44. The van der Waals surface area contributed by atoms with Crippen LogP contribution in [0.2, 0.25) is 0 Å². The number of alkyl halides is 1. The molecule has 3 aromatic rings. The monoisotopic (exact) mass is 584 g/mol. The van der Waals surface area contributed by atoms with Crippen LogP contribution < -0.4 is 4.90 Å². The summed E-state index contributed by atoms with van der Waals surface area (Å²) < 4.78 is 22.3. The third-order valence-electron chi connectivity index (χ3n) is 8.31. The molecule has 1 saturated heterocycles. The van der Waals surface area contributed by atoms with Gasteiger partial charge in [-0.3, -0.25) is 4.90 Å². The van der Waals surface area contributed by atoms with E-state index >= 15 is 4.39 Å². The predicted octanol–water partition coefficient (Wildman–Crippen LogP) is 5.54. The molecule has 3 aliphatic rings. The molecule has 0 radical (unpaired) electrons. The van der Waals surface area contributed by atoms with Crippen molar-refractivity contribution >= 4 is 29.7 Å². The van der Waals surface area contributed by atoms with Gasteiger partial charge in [-0.1, -0.05) is 78.5 Å². The highest BCUT2D eigenvalue weighted by Crippen LogP contribution is 2.43. The number of carbonyl (C=O) groups is 1. The molecule has 2 unspecified atom stereocenters. The first kappa shape index (κ1) is 28.2. The number of halogens is 1. The van der Waals surface area contributed by atoms with Crippen molar-refractivity contribution in [3.63, 3.8) is 0 Å². The molecule has 8 nitrogen and oxygen atoms in total. The zero-order valence-corrected chi connectivity index (χ0v) is 24.4. The molecule has 0 N–H and O–H groups in total. The third-order valence-corrected chi connectivity index (χ3v) is 8.86. The Labute approximate surface area is 249 Å². The topological polar surface area (TPSA) is 85.6 Å². The number of hydrogen-bond acceptors (Lipinski definition) is 8. The molecule has 1 amide bonds. The number of ether oxygens (including phenoxy) is 1. The number of nitrogens with zero attached hydrogens (tertiary/aromatic N) is 6. The summed E-state index contributed by atoms with van der Waals surface area (Å²) in [6.45, 7) is 2.52. The lowest BCUT2D eigenvalue weighted by Crippen LogP contribution is -2.56. The molecule has 1 aromatic heterocycles. The Bertz CT molecular complexity index is 1530. The van der Waals surface area contributed by atoms with Gasteiger partial charge in [-0.25, -0.2) is 19.2 Å². The summed E-state index contributed by atoms with van der Waals surface area (Å²) in [6.07, 6.45) is 6.51. The Hall–Kier alpha value is -3.94. The van der Waals surface area contributed by atoms with Crippen LogP contribution in [0.15, 0.2) is 65.8 Å². The first-order valence-electron chi connectivity index (χ1n) is 14.2. The van der Waals surface area contributed by atoms with Crippen LogP contribution in [0, 0.1) is 11.3 Å². The number of benzene rings is 2. The van der Waals surface area contributed by atoms with Gasteiger partial charge in [-0.05, 0) is 23.8 Å². The number of thioether (sulfide) groups is 1. The molecule has 3 heterocycles. The molecule has 2 aliphatic heterocycles. The number of anilines is 1. The van der Waals surface area contributed by atoms with Crippen molar-refractivity contribution in [2.75, 3.05) is 37.3 Å². The van der Waals surface area contributed by atoms with Gasteiger partial charge in [0.2, 0.25) is 0 Å². The molecule has 216 valence electrons. The van der Waals surface area contributed by atoms with Gasteiger partial charge in [-0.15, -0.1) is 0 Å². The molecule has 0 bridgehead atoms. The average Bonchev–Trinajstić information content (AvgIpc) is 3.03. The van der Waals surface area contributed by atoms with Crippen molar-refractivity contribution in [3.8, 4) is 6.07 Å². The Balaban J connectivity index is 1.22. The highest BCUT2D eigenvalue weighted by molar-refractivity contribution is 7.98. The normalized spacial score (nSPS) is 21.8. The van der Waals surface area contributed by atoms with E-state index in [9.17, 15) is 10.1 Å². The standard InChI is InChI=1S/C32H33FN6O2S/c1-42-30-35-28-21-38(32(33)15-7-11-24-10-5-6-12-27(24)32)17-14-26(28)29(36-30)37-18-19-39(25(20-37)13-16-34)31(40)41-22-23-8-3-2-4-9-23/h2-12,25H,13-15,17-22H2,1H3. The smallest absolute Gasteiger partial charge is 0.410 e. The maximum absolute atomic E-state index is 16.7. The van der Waals surface area contributed by atoms with Crippen LogP contribution in [-0.2, 0) is 30.1 Å². The lowest BCUT2D eigenvalue weighted by molar-refractivity contribution is -0.0505. The summed E-state index contributed by atoms with van der Waals surface area (Å²) >= 11 is 1.46. The van der Waals surface area contributed by atoms with E-state index in [1.807, 2.05) is 77.9 Å². The van der Waals surface area contributed by atoms with Crippen molar-refractivity contribution < 1.29 is 13.9 Å². The van der Waals surface area contributed by atoms with Gasteiger partial charge >= 0.3 is 6.09 Å². The molecule has 0 saturated carbocycles. The first-order chi connectivity index (χ1) is 20.5. The van der Waals surface area contributed by atoms with Crippen LogP contribution in [0.25, 0.3) is 6.08 Å². The van der Waals surface area contributed by atoms with Crippen LogP contribution >= 0.6 is 11.8 Å². The summed E-state index contributed by atoms with van der Waals surface area (Å²) in [5.74, 6) is -0.779. The van der Waals surface area contributed by atoms with Gasteiger partial charge in [0.25, 0.3) is 0 Å². The number of amides is 1. The van der Waals surface area contributed by atoms with E-state index in [-0.39, 0.29) is 19.1 Å². The number of hydrogen-bond donors (Lipinski definition) is 0. The second kappa shape index (κ2) is 12.1. The molecular formula is C32H33FN6O2S. The number of carbonyl (C=O) groups excluding carboxylic acids is 1. The zero-order valence-electron chi connectivity index (χ0n) is 23.6. The summed E-state index contributed by atoms with van der Waals surface area (Å²) in [7, 11) is 0. The Morgan fingerprint density at radius 2 is 1.95 bits per heavy atom. The van der Waals surface area contributed by atoms with Crippen LogP contribution in [-0.4, -0.2) is 64.3 Å². The van der Waals surface area contributed by atoms with Gasteiger partial charge < -0.3 is 14.5 Å². The molecule has 6 rings (SSSR count). The van der Waals surface area contributed by atoms with Crippen molar-refractivity contribution in [3.05, 3.63) is 88.6 Å². The fraction of sp³-hybridized carbons (Fsp3) is 0.375. The highest BCUT2D eigenvalue weighted by Gasteiger charge is 2.43. The molecule has 2 aromatic carbocycles. The third kappa shape index (κ3) is 5.46. The quantitative estimate of drug-likeness (QED) is 0.212. The van der Waals surface area contributed by atoms with Crippen LogP contribution in [0.5, 0.6) is 0 Å². The molecule has 10 heteroatoms. The SMILES string of the molecule is CSc1nc2c(c(N3CCN(C(=O)OCc4ccccc4)C(CC#N)C3)n1)CCN(C1(F)CC=Cc3ccccc31)C2. The van der Waals surface area contributed by atoms with Gasteiger partial charge in [0.05, 0.1) is 24.2 Å². The van der Waals surface area contributed by atoms with E-state index in [4.69, 9.17) is 14.7 Å². The molecule has 1 aliphatic carbocycles. The van der Waals surface area contributed by atoms with Crippen LogP contribution in [0.4, 0.5) is 15.0 Å². The number of aromatic nitrogens is 2. The van der Waals surface area contributed by atoms with E-state index in [0.717, 1.165) is 28.2 Å². The van der Waals surface area contributed by atoms with Gasteiger partial charge in [0.15, 0.2) is 10.9 Å². The summed E-state index contributed by atoms with van der Waals surface area (Å²) in [5, 5.41) is 10.2. The Morgan fingerprint density at radius 3 is 2.76 bits per heavy atom. The minimum Gasteiger partial charge on any atom is -0.445 e. The Morgan fingerprint density at radius 1 is 1.14 bits per heavy atom.